The molecule has 0 saturated carbocycles. The summed E-state index contributed by atoms with van der Waals surface area (Å²) in [6.07, 6.45) is 6.12. The number of amides is 1. The van der Waals surface area contributed by atoms with Gasteiger partial charge in [-0.15, -0.1) is 0 Å². The van der Waals surface area contributed by atoms with Crippen molar-refractivity contribution >= 4 is 41.2 Å². The number of rotatable bonds is 6. The number of carbonyl (C=O) groups excluding carboxylic acids is 1. The van der Waals surface area contributed by atoms with E-state index in [1.165, 1.54) is 13.0 Å². The van der Waals surface area contributed by atoms with Gasteiger partial charge in [0.2, 0.25) is 5.91 Å². The number of carboxylic acid groups (broad SMARTS) is 1. The minimum atomic E-state index is -1.13. The number of carbonyl (C=O) groups is 2. The highest BCUT2D eigenvalue weighted by Gasteiger charge is 2.26. The number of carboxylic acids is 1. The number of aromatic amines is 1. The number of nitrogens with zero attached hydrogens (tertiary/aromatic N) is 4. The van der Waals surface area contributed by atoms with Crippen LogP contribution in [-0.4, -0.2) is 64.0 Å². The van der Waals surface area contributed by atoms with Gasteiger partial charge in [0.25, 0.3) is 0 Å². The Labute approximate surface area is 165 Å². The molecule has 3 N–H and O–H groups in total. The topological polar surface area (TPSA) is 123 Å². The van der Waals surface area contributed by atoms with Crippen LogP contribution in [-0.2, 0) is 9.59 Å². The van der Waals surface area contributed by atoms with Gasteiger partial charge < -0.3 is 20.3 Å². The fourth-order valence-electron chi connectivity index (χ4n) is 3.02. The quantitative estimate of drug-likeness (QED) is 0.637. The normalized spacial score (nSPS) is 17.6. The molecule has 1 aliphatic rings. The van der Waals surface area contributed by atoms with E-state index in [1.807, 2.05) is 0 Å². The van der Waals surface area contributed by atoms with Gasteiger partial charge in [0, 0.05) is 36.0 Å². The SMILES string of the molecule is C=N/C(=C1/C=CN(CC(=O)N[C@@H](C)C(=O)O)/C1=N/C)c1c[nH]c2ncc(F)cc12. The summed E-state index contributed by atoms with van der Waals surface area (Å²) in [5.74, 6) is -1.63. The van der Waals surface area contributed by atoms with Crippen LogP contribution in [0.15, 0.2) is 46.3 Å². The Bertz CT molecular complexity index is 1080. The number of hydrogen-bond acceptors (Lipinski definition) is 5. The van der Waals surface area contributed by atoms with E-state index in [9.17, 15) is 14.0 Å². The number of nitrogens with one attached hydrogen (secondary N) is 2. The molecule has 10 heteroatoms. The van der Waals surface area contributed by atoms with Gasteiger partial charge in [-0.3, -0.25) is 19.6 Å². The van der Waals surface area contributed by atoms with Crippen LogP contribution in [0.4, 0.5) is 4.39 Å². The number of pyridine rings is 1. The number of fused-ring (bicyclic) bond motifs is 1. The second-order valence-electron chi connectivity index (χ2n) is 6.29. The Morgan fingerprint density at radius 1 is 1.48 bits per heavy atom. The van der Waals surface area contributed by atoms with Crippen molar-refractivity contribution in [3.8, 4) is 0 Å². The second kappa shape index (κ2) is 8.05. The molecule has 0 aliphatic carbocycles. The largest absolute Gasteiger partial charge is 0.480 e. The highest BCUT2D eigenvalue weighted by atomic mass is 19.1. The number of aliphatic carboxylic acids is 1. The van der Waals surface area contributed by atoms with Crippen LogP contribution >= 0.6 is 0 Å². The molecular weight excluding hydrogens is 379 g/mol. The van der Waals surface area contributed by atoms with Crippen LogP contribution in [0.25, 0.3) is 16.7 Å². The third-order valence-corrected chi connectivity index (χ3v) is 4.37. The lowest BCUT2D eigenvalue weighted by atomic mass is 10.1. The summed E-state index contributed by atoms with van der Waals surface area (Å²) in [5, 5.41) is 11.8. The van der Waals surface area contributed by atoms with Crippen molar-refractivity contribution in [1.29, 1.82) is 0 Å². The zero-order valence-electron chi connectivity index (χ0n) is 15.8. The van der Waals surface area contributed by atoms with Gasteiger partial charge in [-0.05, 0) is 25.8 Å². The number of halogens is 1. The lowest BCUT2D eigenvalue weighted by Gasteiger charge is -2.18. The summed E-state index contributed by atoms with van der Waals surface area (Å²) >= 11 is 0. The number of amidine groups is 1. The average molecular weight is 398 g/mol. The fourth-order valence-corrected chi connectivity index (χ4v) is 3.02. The predicted molar refractivity (Wildman–Crippen MR) is 107 cm³/mol. The van der Waals surface area contributed by atoms with Crippen molar-refractivity contribution in [3.63, 3.8) is 0 Å². The van der Waals surface area contributed by atoms with Crippen LogP contribution in [0.5, 0.6) is 0 Å². The van der Waals surface area contributed by atoms with Gasteiger partial charge in [-0.25, -0.2) is 9.37 Å². The van der Waals surface area contributed by atoms with E-state index in [2.05, 4.69) is 32.0 Å². The predicted octanol–water partition coefficient (Wildman–Crippen LogP) is 1.56. The molecule has 0 fully saturated rings. The maximum Gasteiger partial charge on any atom is 0.325 e. The molecule has 150 valence electrons. The van der Waals surface area contributed by atoms with Crippen molar-refractivity contribution in [2.45, 2.75) is 13.0 Å². The van der Waals surface area contributed by atoms with Crippen molar-refractivity contribution in [3.05, 3.63) is 47.7 Å². The van der Waals surface area contributed by atoms with E-state index >= 15 is 0 Å². The maximum atomic E-state index is 13.7. The van der Waals surface area contributed by atoms with Gasteiger partial charge >= 0.3 is 5.97 Å². The highest BCUT2D eigenvalue weighted by molar-refractivity contribution is 6.12. The van der Waals surface area contributed by atoms with Gasteiger partial charge in [0.05, 0.1) is 11.9 Å². The fraction of sp³-hybridized carbons (Fsp3) is 0.211. The lowest BCUT2D eigenvalue weighted by molar-refractivity contribution is -0.141. The Balaban J connectivity index is 1.93. The summed E-state index contributed by atoms with van der Waals surface area (Å²) in [6, 6.07) is 0.338. The molecule has 9 nitrogen and oxygen atoms in total. The zero-order chi connectivity index (χ0) is 21.1. The van der Waals surface area contributed by atoms with Crippen molar-refractivity contribution in [1.82, 2.24) is 20.2 Å². The van der Waals surface area contributed by atoms with E-state index in [1.54, 1.807) is 30.4 Å². The first-order valence-electron chi connectivity index (χ1n) is 8.63. The molecule has 0 saturated heterocycles. The standard InChI is InChI=1S/C19H19FN6O3/c1-10(19(28)29)25-15(27)9-26-5-4-12(18(26)22-3)16(21-2)14-8-24-17-13(14)6-11(20)7-23-17/h4-8,10H,2,9H2,1,3H3,(H,23,24)(H,25,27)(H,28,29)/b16-12-,22-18+/t10-/m0/s1. The van der Waals surface area contributed by atoms with Gasteiger partial charge in [0.1, 0.15) is 29.9 Å². The molecular formula is C19H19FN6O3. The first-order chi connectivity index (χ1) is 13.8. The molecule has 3 heterocycles. The van der Waals surface area contributed by atoms with Crippen molar-refractivity contribution < 1.29 is 19.1 Å². The van der Waals surface area contributed by atoms with Gasteiger partial charge in [0.15, 0.2) is 0 Å². The molecule has 29 heavy (non-hydrogen) atoms. The van der Waals surface area contributed by atoms with Crippen LogP contribution in [0, 0.1) is 5.82 Å². The Morgan fingerprint density at radius 2 is 2.24 bits per heavy atom. The lowest BCUT2D eigenvalue weighted by Crippen LogP contribution is -2.43. The number of H-pyrrole nitrogens is 1. The van der Waals surface area contributed by atoms with E-state index in [0.29, 0.717) is 33.7 Å². The van der Waals surface area contributed by atoms with Crippen molar-refractivity contribution in [2.75, 3.05) is 13.6 Å². The molecule has 2 aromatic rings. The Hall–Kier alpha value is -3.82. The molecule has 0 bridgehead atoms. The summed E-state index contributed by atoms with van der Waals surface area (Å²) in [5.41, 5.74) is 2.13. The first-order valence-corrected chi connectivity index (χ1v) is 8.63. The van der Waals surface area contributed by atoms with Crippen LogP contribution in [0.2, 0.25) is 0 Å². The molecule has 0 radical (unpaired) electrons. The summed E-state index contributed by atoms with van der Waals surface area (Å²) in [4.78, 5) is 39.9. The molecule has 0 unspecified atom stereocenters. The molecule has 0 spiro atoms. The van der Waals surface area contributed by atoms with E-state index in [4.69, 9.17) is 5.11 Å². The molecule has 0 aromatic carbocycles. The third kappa shape index (κ3) is 3.91. The molecule has 1 atom stereocenters. The monoisotopic (exact) mass is 398 g/mol. The molecule has 1 amide bonds. The van der Waals surface area contributed by atoms with E-state index in [-0.39, 0.29) is 6.54 Å². The summed E-state index contributed by atoms with van der Waals surface area (Å²) in [7, 11) is 1.56. The van der Waals surface area contributed by atoms with E-state index in [0.717, 1.165) is 6.20 Å². The first kappa shape index (κ1) is 19.9. The molecule has 2 aromatic heterocycles. The summed E-state index contributed by atoms with van der Waals surface area (Å²) in [6.45, 7) is 4.87. The maximum absolute atomic E-state index is 13.7. The Morgan fingerprint density at radius 3 is 2.90 bits per heavy atom. The smallest absolute Gasteiger partial charge is 0.325 e. The minimum Gasteiger partial charge on any atom is -0.480 e. The van der Waals surface area contributed by atoms with Crippen LogP contribution < -0.4 is 5.32 Å². The highest BCUT2D eigenvalue weighted by Crippen LogP contribution is 2.31. The average Bonchev–Trinajstić information content (AvgIpc) is 3.26. The minimum absolute atomic E-state index is 0.126. The number of hydrogen-bond donors (Lipinski definition) is 3. The number of aromatic nitrogens is 2. The van der Waals surface area contributed by atoms with Crippen molar-refractivity contribution in [2.24, 2.45) is 9.98 Å². The van der Waals surface area contributed by atoms with Crippen LogP contribution in [0.1, 0.15) is 12.5 Å². The van der Waals surface area contributed by atoms with Crippen LogP contribution in [0.3, 0.4) is 0 Å². The van der Waals surface area contributed by atoms with E-state index < -0.39 is 23.7 Å². The third-order valence-electron chi connectivity index (χ3n) is 4.37. The van der Waals surface area contributed by atoms with Gasteiger partial charge in [-0.2, -0.15) is 0 Å². The molecule has 1 aliphatic heterocycles. The number of aliphatic imine (C=N–C) groups is 2. The molecule has 3 rings (SSSR count). The zero-order valence-corrected chi connectivity index (χ0v) is 15.8. The second-order valence-corrected chi connectivity index (χ2v) is 6.29. The van der Waals surface area contributed by atoms with Gasteiger partial charge in [-0.1, -0.05) is 0 Å². The Kier molecular flexibility index (Phi) is 5.53. The summed E-state index contributed by atoms with van der Waals surface area (Å²) < 4.78 is 13.7.